The van der Waals surface area contributed by atoms with Crippen molar-refractivity contribution < 1.29 is 37.3 Å². The van der Waals surface area contributed by atoms with Crippen molar-refractivity contribution in [2.24, 2.45) is 0 Å². The van der Waals surface area contributed by atoms with Crippen molar-refractivity contribution in [3.05, 3.63) is 53.6 Å². The molecule has 1 atom stereocenters. The lowest BCUT2D eigenvalue weighted by Gasteiger charge is -2.24. The van der Waals surface area contributed by atoms with Gasteiger partial charge in [0.25, 0.3) is 5.91 Å². The summed E-state index contributed by atoms with van der Waals surface area (Å²) in [6.45, 7) is 3.96. The summed E-state index contributed by atoms with van der Waals surface area (Å²) in [6.07, 6.45) is 9.65. The molecule has 3 rings (SSSR count). The fourth-order valence-corrected chi connectivity index (χ4v) is 4.94. The third-order valence-corrected chi connectivity index (χ3v) is 7.34. The molecular formula is C27H34F2N4O6S. The average Bonchev–Trinajstić information content (AvgIpc) is 3.47. The van der Waals surface area contributed by atoms with Crippen LogP contribution in [0.5, 0.6) is 11.5 Å². The molecule has 2 aromatic rings. The van der Waals surface area contributed by atoms with E-state index in [1.165, 1.54) is 17.4 Å². The number of hydrogen-bond acceptors (Lipinski definition) is 7. The number of amides is 2. The van der Waals surface area contributed by atoms with E-state index in [0.717, 1.165) is 47.9 Å². The number of terminal acetylenes is 1. The van der Waals surface area contributed by atoms with Crippen molar-refractivity contribution in [3.8, 4) is 24.3 Å². The van der Waals surface area contributed by atoms with E-state index in [-0.39, 0.29) is 30.3 Å². The highest BCUT2D eigenvalue weighted by molar-refractivity contribution is 7.82. The van der Waals surface area contributed by atoms with Crippen molar-refractivity contribution >= 4 is 23.0 Å². The van der Waals surface area contributed by atoms with Crippen molar-refractivity contribution in [1.29, 1.82) is 0 Å². The Morgan fingerprint density at radius 1 is 1.10 bits per heavy atom. The number of nitrogens with zero attached hydrogens (tertiary/aromatic N) is 3. The zero-order chi connectivity index (χ0) is 29.7. The van der Waals surface area contributed by atoms with Gasteiger partial charge in [-0.15, -0.1) is 12.8 Å². The van der Waals surface area contributed by atoms with Crippen LogP contribution in [0.15, 0.2) is 41.3 Å². The molecule has 1 saturated heterocycles. The van der Waals surface area contributed by atoms with E-state index in [1.54, 1.807) is 24.3 Å². The first-order chi connectivity index (χ1) is 19.2. The van der Waals surface area contributed by atoms with Crippen LogP contribution in [0.3, 0.4) is 0 Å². The monoisotopic (exact) mass is 580 g/mol. The van der Waals surface area contributed by atoms with E-state index < -0.39 is 46.9 Å². The Bertz CT molecular complexity index is 1150. The van der Waals surface area contributed by atoms with Crippen LogP contribution in [-0.4, -0.2) is 88.4 Å². The molecule has 0 saturated carbocycles. The standard InChI is InChI=1S/C25H32F2N4O6S.C2H2/c1-18-5-7-19(8-6-18)37-24-21(26)15-20(16-22(24)27)38(35)31(17-23(32)28-34)12-11-29(2)25(33)36-14-13-30-9-3-4-10-30;1-2/h5-8,15-16,34H,3-4,9-14,17H2,1-2H3,(H,28,32);1-2H. The third-order valence-electron chi connectivity index (χ3n) is 5.92. The van der Waals surface area contributed by atoms with Gasteiger partial charge in [-0.2, -0.15) is 0 Å². The fraction of sp³-hybridized carbons (Fsp3) is 0.407. The molecule has 40 heavy (non-hydrogen) atoms. The van der Waals surface area contributed by atoms with Crippen molar-refractivity contribution in [1.82, 2.24) is 19.6 Å². The van der Waals surface area contributed by atoms with Gasteiger partial charge < -0.3 is 14.4 Å². The highest BCUT2D eigenvalue weighted by Crippen LogP contribution is 2.30. The van der Waals surface area contributed by atoms with Gasteiger partial charge in [0, 0.05) is 26.7 Å². The number of aryl methyl sites for hydroxylation is 1. The van der Waals surface area contributed by atoms with Crippen LogP contribution >= 0.6 is 0 Å². The zero-order valence-corrected chi connectivity index (χ0v) is 23.3. The molecule has 0 aliphatic carbocycles. The second-order valence-corrected chi connectivity index (χ2v) is 10.3. The summed E-state index contributed by atoms with van der Waals surface area (Å²) in [5, 5.41) is 8.92. The second-order valence-electron chi connectivity index (χ2n) is 8.86. The number of likely N-dealkylation sites (N-methyl/N-ethyl adjacent to an activating group) is 1. The first-order valence-electron chi connectivity index (χ1n) is 12.4. The minimum Gasteiger partial charge on any atom is -0.451 e. The maximum absolute atomic E-state index is 14.8. The van der Waals surface area contributed by atoms with Crippen LogP contribution in [0.4, 0.5) is 13.6 Å². The number of rotatable bonds is 12. The number of ether oxygens (including phenoxy) is 2. The second kappa shape index (κ2) is 16.5. The number of halogens is 2. The molecule has 2 amide bonds. The van der Waals surface area contributed by atoms with Gasteiger partial charge in [0.05, 0.1) is 11.4 Å². The fourth-order valence-electron chi connectivity index (χ4n) is 3.76. The Morgan fingerprint density at radius 2 is 1.70 bits per heavy atom. The van der Waals surface area contributed by atoms with E-state index in [4.69, 9.17) is 14.7 Å². The summed E-state index contributed by atoms with van der Waals surface area (Å²) >= 11 is 0. The molecule has 0 bridgehead atoms. The minimum atomic E-state index is -2.22. The molecule has 13 heteroatoms. The average molecular weight is 581 g/mol. The predicted octanol–water partition coefficient (Wildman–Crippen LogP) is 3.31. The van der Waals surface area contributed by atoms with Crippen molar-refractivity contribution in [3.63, 3.8) is 0 Å². The molecule has 1 unspecified atom stereocenters. The molecule has 0 radical (unpaired) electrons. The molecular weight excluding hydrogens is 546 g/mol. The first-order valence-corrected chi connectivity index (χ1v) is 13.6. The SMILES string of the molecule is C#C.Cc1ccc(Oc2c(F)cc(S(=O)N(CCN(C)C(=O)OCCN3CCCC3)CC(=O)NO)cc2F)cc1. The lowest BCUT2D eigenvalue weighted by Crippen LogP contribution is -2.42. The Hall–Kier alpha value is -3.57. The maximum atomic E-state index is 14.8. The van der Waals surface area contributed by atoms with Gasteiger partial charge in [0.15, 0.2) is 17.4 Å². The van der Waals surface area contributed by atoms with Crippen LogP contribution in [0, 0.1) is 31.4 Å². The Morgan fingerprint density at radius 3 is 2.27 bits per heavy atom. The lowest BCUT2D eigenvalue weighted by atomic mass is 10.2. The van der Waals surface area contributed by atoms with Crippen LogP contribution in [0.25, 0.3) is 0 Å². The molecule has 0 aromatic heterocycles. The highest BCUT2D eigenvalue weighted by Gasteiger charge is 2.24. The number of carbonyl (C=O) groups excluding carboxylic acids is 2. The van der Waals surface area contributed by atoms with E-state index in [0.29, 0.717) is 6.54 Å². The number of nitrogens with one attached hydrogen (secondary N) is 1. The lowest BCUT2D eigenvalue weighted by molar-refractivity contribution is -0.129. The van der Waals surface area contributed by atoms with Gasteiger partial charge in [-0.05, 0) is 57.1 Å². The van der Waals surface area contributed by atoms with E-state index in [9.17, 15) is 22.6 Å². The summed E-state index contributed by atoms with van der Waals surface area (Å²) < 4.78 is 54.4. The Balaban J connectivity index is 0.00000274. The third kappa shape index (κ3) is 9.87. The van der Waals surface area contributed by atoms with Gasteiger partial charge in [-0.1, -0.05) is 17.7 Å². The quantitative estimate of drug-likeness (QED) is 0.225. The molecule has 2 aromatic carbocycles. The number of hydrogen-bond donors (Lipinski definition) is 2. The van der Waals surface area contributed by atoms with Gasteiger partial charge in [-0.3, -0.25) is 14.9 Å². The molecule has 218 valence electrons. The zero-order valence-electron chi connectivity index (χ0n) is 22.5. The Kier molecular flexibility index (Phi) is 13.5. The molecule has 10 nitrogen and oxygen atoms in total. The number of carbonyl (C=O) groups is 2. The normalized spacial score (nSPS) is 13.7. The maximum Gasteiger partial charge on any atom is 0.409 e. The van der Waals surface area contributed by atoms with Gasteiger partial charge in [0.1, 0.15) is 23.3 Å². The first kappa shape index (κ1) is 32.6. The minimum absolute atomic E-state index is 0.00736. The Labute approximate surface area is 235 Å². The summed E-state index contributed by atoms with van der Waals surface area (Å²) in [4.78, 5) is 27.3. The van der Waals surface area contributed by atoms with E-state index >= 15 is 0 Å². The van der Waals surface area contributed by atoms with Gasteiger partial charge in [-0.25, -0.2) is 27.6 Å². The number of benzene rings is 2. The van der Waals surface area contributed by atoms with Gasteiger partial charge >= 0.3 is 6.09 Å². The summed E-state index contributed by atoms with van der Waals surface area (Å²) in [6, 6.07) is 8.26. The topological polar surface area (TPSA) is 112 Å². The van der Waals surface area contributed by atoms with E-state index in [2.05, 4.69) is 17.7 Å². The van der Waals surface area contributed by atoms with Crippen molar-refractivity contribution in [2.45, 2.75) is 24.7 Å². The number of likely N-dealkylation sites (tertiary alicyclic amines) is 1. The predicted molar refractivity (Wildman–Crippen MR) is 145 cm³/mol. The van der Waals surface area contributed by atoms with Crippen molar-refractivity contribution in [2.75, 3.05) is 52.9 Å². The molecule has 1 aliphatic heterocycles. The number of hydroxylamine groups is 1. The molecule has 1 heterocycles. The largest absolute Gasteiger partial charge is 0.451 e. The van der Waals surface area contributed by atoms with Crippen LogP contribution in [0.2, 0.25) is 0 Å². The summed E-state index contributed by atoms with van der Waals surface area (Å²) in [7, 11) is -0.744. The molecule has 1 fully saturated rings. The molecule has 0 spiro atoms. The smallest absolute Gasteiger partial charge is 0.409 e. The van der Waals surface area contributed by atoms with Crippen LogP contribution in [-0.2, 0) is 20.5 Å². The van der Waals surface area contributed by atoms with Gasteiger partial charge in [0.2, 0.25) is 0 Å². The summed E-state index contributed by atoms with van der Waals surface area (Å²) in [5.41, 5.74) is 2.38. The highest BCUT2D eigenvalue weighted by atomic mass is 32.2. The van der Waals surface area contributed by atoms with Crippen LogP contribution in [0.1, 0.15) is 18.4 Å². The van der Waals surface area contributed by atoms with E-state index in [1.807, 2.05) is 6.92 Å². The molecule has 1 aliphatic rings. The summed E-state index contributed by atoms with van der Waals surface area (Å²) in [5.74, 6) is -3.50. The molecule has 2 N–H and O–H groups in total. The van der Waals surface area contributed by atoms with Crippen LogP contribution < -0.4 is 10.2 Å².